The molecule has 1 aromatic carbocycles. The predicted octanol–water partition coefficient (Wildman–Crippen LogP) is 1.82. The van der Waals surface area contributed by atoms with Gasteiger partial charge in [0.05, 0.1) is 5.56 Å². The zero-order chi connectivity index (χ0) is 16.8. The highest BCUT2D eigenvalue weighted by molar-refractivity contribution is 6.00. The summed E-state index contributed by atoms with van der Waals surface area (Å²) in [6.07, 6.45) is 0. The van der Waals surface area contributed by atoms with E-state index in [1.165, 1.54) is 0 Å². The maximum atomic E-state index is 12.1. The van der Waals surface area contributed by atoms with E-state index in [4.69, 9.17) is 10.6 Å². The molecule has 0 aliphatic rings. The minimum Gasteiger partial charge on any atom is -0.379 e. The van der Waals surface area contributed by atoms with Crippen molar-refractivity contribution >= 4 is 17.6 Å². The van der Waals surface area contributed by atoms with Crippen LogP contribution in [0.1, 0.15) is 35.5 Å². The van der Waals surface area contributed by atoms with Gasteiger partial charge in [-0.2, -0.15) is 0 Å². The van der Waals surface area contributed by atoms with Crippen molar-refractivity contribution in [2.75, 3.05) is 18.8 Å². The maximum Gasteiger partial charge on any atom is 0.365 e. The molecule has 8 nitrogen and oxygen atoms in total. The number of benzene rings is 1. The minimum absolute atomic E-state index is 0.0852. The summed E-state index contributed by atoms with van der Waals surface area (Å²) < 4.78 is 4.60. The van der Waals surface area contributed by atoms with Crippen LogP contribution in [0.2, 0.25) is 0 Å². The molecule has 2 rings (SSSR count). The molecule has 2 N–H and O–H groups in total. The third kappa shape index (κ3) is 3.85. The second-order valence-electron chi connectivity index (χ2n) is 4.83. The van der Waals surface area contributed by atoms with Gasteiger partial charge in [0.25, 0.3) is 0 Å². The lowest BCUT2D eigenvalue weighted by Crippen LogP contribution is -2.32. The Morgan fingerprint density at radius 1 is 1.26 bits per heavy atom. The van der Waals surface area contributed by atoms with Crippen molar-refractivity contribution in [3.8, 4) is 0 Å². The van der Waals surface area contributed by atoms with Crippen molar-refractivity contribution in [1.82, 2.24) is 15.2 Å². The van der Waals surface area contributed by atoms with Crippen LogP contribution in [0.5, 0.6) is 0 Å². The smallest absolute Gasteiger partial charge is 0.365 e. The quantitative estimate of drug-likeness (QED) is 0.388. The van der Waals surface area contributed by atoms with E-state index in [0.717, 1.165) is 5.56 Å². The standard InChI is InChI=1S/C15H19N5O3/c1-4-20(5-2)14(12-13(16)18-23-17-12)19-22-15(21)11-8-6-10(3)7-9-11/h6-9H,4-5H2,1-3H3,(H2,16,18)/b19-14-. The summed E-state index contributed by atoms with van der Waals surface area (Å²) >= 11 is 0. The molecule has 1 heterocycles. The van der Waals surface area contributed by atoms with Gasteiger partial charge in [0.2, 0.25) is 5.84 Å². The molecule has 0 unspecified atom stereocenters. The zero-order valence-corrected chi connectivity index (χ0v) is 13.3. The average Bonchev–Trinajstić information content (AvgIpc) is 2.97. The summed E-state index contributed by atoms with van der Waals surface area (Å²) in [4.78, 5) is 18.9. The van der Waals surface area contributed by atoms with Gasteiger partial charge in [0, 0.05) is 13.1 Å². The van der Waals surface area contributed by atoms with E-state index in [-0.39, 0.29) is 11.5 Å². The Hall–Kier alpha value is -2.90. The maximum absolute atomic E-state index is 12.1. The summed E-state index contributed by atoms with van der Waals surface area (Å²) in [7, 11) is 0. The van der Waals surface area contributed by atoms with Gasteiger partial charge in [-0.25, -0.2) is 9.42 Å². The Morgan fingerprint density at radius 2 is 1.91 bits per heavy atom. The molecular weight excluding hydrogens is 298 g/mol. The minimum atomic E-state index is -0.565. The molecule has 0 amide bonds. The van der Waals surface area contributed by atoms with E-state index in [1.807, 2.05) is 37.8 Å². The van der Waals surface area contributed by atoms with Crippen molar-refractivity contribution in [3.05, 3.63) is 41.1 Å². The second-order valence-corrected chi connectivity index (χ2v) is 4.83. The number of nitrogens with zero attached hydrogens (tertiary/aromatic N) is 4. The lowest BCUT2D eigenvalue weighted by atomic mass is 10.2. The number of rotatable bonds is 5. The van der Waals surface area contributed by atoms with Gasteiger partial charge in [0.1, 0.15) is 0 Å². The monoisotopic (exact) mass is 317 g/mol. The summed E-state index contributed by atoms with van der Waals surface area (Å²) in [6, 6.07) is 7.00. The number of amidine groups is 1. The molecule has 0 aliphatic carbocycles. The summed E-state index contributed by atoms with van der Waals surface area (Å²) in [5.41, 5.74) is 7.41. The van der Waals surface area contributed by atoms with Crippen LogP contribution in [0.25, 0.3) is 0 Å². The molecule has 0 fully saturated rings. The normalized spacial score (nSPS) is 11.3. The number of nitrogen functional groups attached to an aromatic ring is 1. The zero-order valence-electron chi connectivity index (χ0n) is 13.3. The van der Waals surface area contributed by atoms with E-state index in [2.05, 4.69) is 20.1 Å². The fourth-order valence-electron chi connectivity index (χ4n) is 1.95. The molecule has 0 saturated heterocycles. The molecule has 23 heavy (non-hydrogen) atoms. The highest BCUT2D eigenvalue weighted by Crippen LogP contribution is 2.11. The number of hydrogen-bond acceptors (Lipinski definition) is 7. The number of carbonyl (C=O) groups is 1. The molecule has 0 radical (unpaired) electrons. The summed E-state index contributed by atoms with van der Waals surface area (Å²) in [5.74, 6) is -0.180. The molecule has 0 aliphatic heterocycles. The van der Waals surface area contributed by atoms with Crippen LogP contribution in [0.15, 0.2) is 34.1 Å². The predicted molar refractivity (Wildman–Crippen MR) is 84.8 cm³/mol. The first-order valence-electron chi connectivity index (χ1n) is 7.26. The van der Waals surface area contributed by atoms with Crippen molar-refractivity contribution in [3.63, 3.8) is 0 Å². The average molecular weight is 317 g/mol. The third-order valence-electron chi connectivity index (χ3n) is 3.29. The lowest BCUT2D eigenvalue weighted by Gasteiger charge is -2.20. The Morgan fingerprint density at radius 3 is 2.43 bits per heavy atom. The van der Waals surface area contributed by atoms with Crippen LogP contribution in [0.3, 0.4) is 0 Å². The fraction of sp³-hybridized carbons (Fsp3) is 0.333. The Labute approximate surface area is 133 Å². The van der Waals surface area contributed by atoms with Gasteiger partial charge in [-0.3, -0.25) is 0 Å². The van der Waals surface area contributed by atoms with Crippen LogP contribution in [0.4, 0.5) is 5.82 Å². The van der Waals surface area contributed by atoms with Crippen molar-refractivity contribution in [2.45, 2.75) is 20.8 Å². The van der Waals surface area contributed by atoms with E-state index < -0.39 is 5.97 Å². The van der Waals surface area contributed by atoms with Gasteiger partial charge in [-0.1, -0.05) is 22.9 Å². The van der Waals surface area contributed by atoms with E-state index >= 15 is 0 Å². The van der Waals surface area contributed by atoms with Gasteiger partial charge >= 0.3 is 5.97 Å². The Bertz CT molecular complexity index is 689. The Balaban J connectivity index is 2.25. The molecule has 1 aromatic heterocycles. The first-order chi connectivity index (χ1) is 11.1. The Kier molecular flexibility index (Phi) is 5.29. The number of hydrogen-bond donors (Lipinski definition) is 1. The van der Waals surface area contributed by atoms with Crippen LogP contribution < -0.4 is 5.73 Å². The van der Waals surface area contributed by atoms with Gasteiger partial charge in [-0.15, -0.1) is 0 Å². The summed E-state index contributed by atoms with van der Waals surface area (Å²) in [5, 5.41) is 11.2. The first-order valence-corrected chi connectivity index (χ1v) is 7.26. The van der Waals surface area contributed by atoms with Gasteiger partial charge in [0.15, 0.2) is 11.5 Å². The molecule has 2 aromatic rings. The molecule has 0 bridgehead atoms. The van der Waals surface area contributed by atoms with Crippen molar-refractivity contribution in [2.24, 2.45) is 5.16 Å². The largest absolute Gasteiger partial charge is 0.379 e. The highest BCUT2D eigenvalue weighted by Gasteiger charge is 2.21. The number of anilines is 1. The van der Waals surface area contributed by atoms with E-state index in [9.17, 15) is 4.79 Å². The number of aromatic nitrogens is 2. The molecule has 0 saturated carbocycles. The number of aryl methyl sites for hydroxylation is 1. The van der Waals surface area contributed by atoms with Crippen molar-refractivity contribution < 1.29 is 14.3 Å². The first kappa shape index (κ1) is 16.5. The summed E-state index contributed by atoms with van der Waals surface area (Å²) in [6.45, 7) is 7.06. The second kappa shape index (κ2) is 7.39. The van der Waals surface area contributed by atoms with Crippen LogP contribution in [-0.4, -0.2) is 40.1 Å². The third-order valence-corrected chi connectivity index (χ3v) is 3.29. The number of oxime groups is 1. The van der Waals surface area contributed by atoms with Crippen LogP contribution in [0, 0.1) is 6.92 Å². The van der Waals surface area contributed by atoms with Gasteiger partial charge < -0.3 is 15.5 Å². The molecule has 0 spiro atoms. The van der Waals surface area contributed by atoms with Crippen LogP contribution in [-0.2, 0) is 4.84 Å². The van der Waals surface area contributed by atoms with E-state index in [0.29, 0.717) is 24.5 Å². The number of nitrogens with two attached hydrogens (primary N) is 1. The topological polar surface area (TPSA) is 107 Å². The van der Waals surface area contributed by atoms with Crippen molar-refractivity contribution in [1.29, 1.82) is 0 Å². The highest BCUT2D eigenvalue weighted by atomic mass is 16.7. The lowest BCUT2D eigenvalue weighted by molar-refractivity contribution is 0.0510. The van der Waals surface area contributed by atoms with Gasteiger partial charge in [-0.05, 0) is 43.2 Å². The molecule has 8 heteroatoms. The van der Waals surface area contributed by atoms with E-state index in [1.54, 1.807) is 12.1 Å². The molecule has 0 atom stereocenters. The SMILES string of the molecule is CCN(CC)/C(=N\OC(=O)c1ccc(C)cc1)c1nonc1N. The fourth-order valence-corrected chi connectivity index (χ4v) is 1.95. The molecule has 122 valence electrons. The number of carbonyl (C=O) groups excluding carboxylic acids is 1. The molecular formula is C15H19N5O3. The van der Waals surface area contributed by atoms with Crippen LogP contribution >= 0.6 is 0 Å².